The Morgan fingerprint density at radius 3 is 2.45 bits per heavy atom. The van der Waals surface area contributed by atoms with E-state index in [2.05, 4.69) is 25.5 Å². The zero-order valence-corrected chi connectivity index (χ0v) is 15.2. The molecule has 0 unspecified atom stereocenters. The SMILES string of the molecule is NC(=O)c1nnc(-c2[nH]cc3c(C(N)=O)cccc23)nc1NCc1ccccc1. The minimum Gasteiger partial charge on any atom is -0.366 e. The summed E-state index contributed by atoms with van der Waals surface area (Å²) < 4.78 is 0. The molecule has 0 aliphatic rings. The van der Waals surface area contributed by atoms with Crippen LogP contribution in [0.5, 0.6) is 0 Å². The Kier molecular flexibility index (Phi) is 4.62. The molecule has 0 saturated carbocycles. The van der Waals surface area contributed by atoms with E-state index in [0.29, 0.717) is 28.6 Å². The number of benzene rings is 2. The van der Waals surface area contributed by atoms with Crippen molar-refractivity contribution in [3.63, 3.8) is 0 Å². The van der Waals surface area contributed by atoms with Crippen LogP contribution in [0.2, 0.25) is 0 Å². The highest BCUT2D eigenvalue weighted by Gasteiger charge is 2.18. The number of hydrogen-bond acceptors (Lipinski definition) is 6. The maximum Gasteiger partial charge on any atom is 0.273 e. The number of amides is 2. The summed E-state index contributed by atoms with van der Waals surface area (Å²) in [4.78, 5) is 30.9. The van der Waals surface area contributed by atoms with Gasteiger partial charge in [0.15, 0.2) is 11.5 Å². The zero-order chi connectivity index (χ0) is 20.4. The molecule has 0 spiro atoms. The van der Waals surface area contributed by atoms with Gasteiger partial charge in [-0.3, -0.25) is 9.59 Å². The molecule has 0 radical (unpaired) electrons. The summed E-state index contributed by atoms with van der Waals surface area (Å²) in [6, 6.07) is 14.8. The molecule has 0 bridgehead atoms. The van der Waals surface area contributed by atoms with E-state index < -0.39 is 11.8 Å². The number of fused-ring (bicyclic) bond motifs is 1. The van der Waals surface area contributed by atoms with Crippen molar-refractivity contribution >= 4 is 28.4 Å². The molecule has 9 nitrogen and oxygen atoms in total. The van der Waals surface area contributed by atoms with Gasteiger partial charge in [-0.05, 0) is 11.6 Å². The second-order valence-corrected chi connectivity index (χ2v) is 6.33. The lowest BCUT2D eigenvalue weighted by Gasteiger charge is -2.09. The third kappa shape index (κ3) is 3.48. The van der Waals surface area contributed by atoms with Crippen molar-refractivity contribution in [2.24, 2.45) is 11.5 Å². The number of carbonyl (C=O) groups excluding carboxylic acids is 2. The molecule has 0 aliphatic carbocycles. The lowest BCUT2D eigenvalue weighted by Crippen LogP contribution is -2.19. The first-order valence-corrected chi connectivity index (χ1v) is 8.77. The maximum atomic E-state index is 11.7. The first-order valence-electron chi connectivity index (χ1n) is 8.77. The fourth-order valence-electron chi connectivity index (χ4n) is 3.06. The van der Waals surface area contributed by atoms with Crippen LogP contribution in [0.15, 0.2) is 54.7 Å². The van der Waals surface area contributed by atoms with E-state index >= 15 is 0 Å². The summed E-state index contributed by atoms with van der Waals surface area (Å²) in [5.74, 6) is -0.795. The summed E-state index contributed by atoms with van der Waals surface area (Å²) >= 11 is 0. The molecular weight excluding hydrogens is 370 g/mol. The van der Waals surface area contributed by atoms with Gasteiger partial charge in [-0.2, -0.15) is 0 Å². The van der Waals surface area contributed by atoms with Gasteiger partial charge in [-0.1, -0.05) is 42.5 Å². The molecule has 2 aromatic carbocycles. The molecule has 29 heavy (non-hydrogen) atoms. The molecule has 9 heteroatoms. The average molecular weight is 387 g/mol. The van der Waals surface area contributed by atoms with E-state index in [1.54, 1.807) is 18.3 Å². The van der Waals surface area contributed by atoms with Crippen molar-refractivity contribution in [3.8, 4) is 11.5 Å². The summed E-state index contributed by atoms with van der Waals surface area (Å²) in [5.41, 5.74) is 12.7. The van der Waals surface area contributed by atoms with Crippen LogP contribution in [-0.4, -0.2) is 32.0 Å². The average Bonchev–Trinajstić information content (AvgIpc) is 3.16. The normalized spacial score (nSPS) is 10.8. The Labute approximate surface area is 165 Å². The van der Waals surface area contributed by atoms with Crippen LogP contribution in [0.3, 0.4) is 0 Å². The Balaban J connectivity index is 1.75. The molecule has 2 heterocycles. The Hall–Kier alpha value is -4.27. The first kappa shape index (κ1) is 18.1. The van der Waals surface area contributed by atoms with Crippen molar-refractivity contribution in [3.05, 3.63) is 71.5 Å². The molecule has 144 valence electrons. The predicted molar refractivity (Wildman–Crippen MR) is 108 cm³/mol. The topological polar surface area (TPSA) is 153 Å². The monoisotopic (exact) mass is 387 g/mol. The largest absolute Gasteiger partial charge is 0.366 e. The fourth-order valence-corrected chi connectivity index (χ4v) is 3.06. The van der Waals surface area contributed by atoms with Crippen LogP contribution >= 0.6 is 0 Å². The second-order valence-electron chi connectivity index (χ2n) is 6.33. The van der Waals surface area contributed by atoms with Gasteiger partial charge in [0.25, 0.3) is 5.91 Å². The van der Waals surface area contributed by atoms with E-state index in [9.17, 15) is 9.59 Å². The van der Waals surface area contributed by atoms with Gasteiger partial charge >= 0.3 is 0 Å². The second kappa shape index (κ2) is 7.39. The molecule has 0 fully saturated rings. The van der Waals surface area contributed by atoms with Crippen molar-refractivity contribution in [2.75, 3.05) is 5.32 Å². The standard InChI is InChI=1S/C20H17N7O2/c21-17(28)13-8-4-7-12-14(13)10-23-15(12)20-25-19(16(18(22)29)26-27-20)24-9-11-5-2-1-3-6-11/h1-8,10,23H,9H2,(H2,21,28)(H2,22,29)(H,24,25,27). The minimum atomic E-state index is -0.737. The molecule has 0 atom stereocenters. The predicted octanol–water partition coefficient (Wildman–Crippen LogP) is 1.83. The van der Waals surface area contributed by atoms with Crippen LogP contribution < -0.4 is 16.8 Å². The number of rotatable bonds is 6. The van der Waals surface area contributed by atoms with Crippen LogP contribution in [-0.2, 0) is 6.54 Å². The van der Waals surface area contributed by atoms with Crippen LogP contribution in [0.4, 0.5) is 5.82 Å². The van der Waals surface area contributed by atoms with Crippen molar-refractivity contribution in [2.45, 2.75) is 6.54 Å². The summed E-state index contributed by atoms with van der Waals surface area (Å²) in [6.07, 6.45) is 1.66. The van der Waals surface area contributed by atoms with Gasteiger partial charge in [0.1, 0.15) is 0 Å². The number of carbonyl (C=O) groups is 2. The summed E-state index contributed by atoms with van der Waals surface area (Å²) in [7, 11) is 0. The molecule has 0 saturated heterocycles. The van der Waals surface area contributed by atoms with E-state index in [-0.39, 0.29) is 17.3 Å². The molecule has 4 rings (SSSR count). The van der Waals surface area contributed by atoms with Crippen molar-refractivity contribution < 1.29 is 9.59 Å². The van der Waals surface area contributed by atoms with Crippen LogP contribution in [0.25, 0.3) is 22.3 Å². The lowest BCUT2D eigenvalue weighted by molar-refractivity contribution is 0.0989. The summed E-state index contributed by atoms with van der Waals surface area (Å²) in [5, 5.41) is 12.4. The number of H-pyrrole nitrogens is 1. The van der Waals surface area contributed by atoms with E-state index in [4.69, 9.17) is 11.5 Å². The quantitative estimate of drug-likeness (QED) is 0.396. The number of aromatic amines is 1. The number of nitrogens with one attached hydrogen (secondary N) is 2. The molecule has 4 aromatic rings. The number of primary amides is 2. The van der Waals surface area contributed by atoms with E-state index in [1.165, 1.54) is 0 Å². The highest BCUT2D eigenvalue weighted by molar-refractivity contribution is 6.09. The highest BCUT2D eigenvalue weighted by Crippen LogP contribution is 2.28. The number of nitrogens with two attached hydrogens (primary N) is 2. The smallest absolute Gasteiger partial charge is 0.273 e. The minimum absolute atomic E-state index is 0.0571. The fraction of sp³-hybridized carbons (Fsp3) is 0.0500. The van der Waals surface area contributed by atoms with Gasteiger partial charge in [0, 0.05) is 29.1 Å². The van der Waals surface area contributed by atoms with Gasteiger partial charge < -0.3 is 21.8 Å². The molecular formula is C20H17N7O2. The van der Waals surface area contributed by atoms with E-state index in [1.807, 2.05) is 36.4 Å². The van der Waals surface area contributed by atoms with Gasteiger partial charge in [-0.15, -0.1) is 10.2 Å². The van der Waals surface area contributed by atoms with Gasteiger partial charge in [-0.25, -0.2) is 4.98 Å². The third-order valence-electron chi connectivity index (χ3n) is 4.45. The number of hydrogen-bond donors (Lipinski definition) is 4. The van der Waals surface area contributed by atoms with Gasteiger partial charge in [0.05, 0.1) is 5.69 Å². The number of aromatic nitrogens is 4. The Morgan fingerprint density at radius 1 is 0.931 bits per heavy atom. The van der Waals surface area contributed by atoms with Gasteiger partial charge in [0.2, 0.25) is 11.7 Å². The Bertz CT molecular complexity index is 1220. The molecule has 2 aromatic heterocycles. The lowest BCUT2D eigenvalue weighted by atomic mass is 10.1. The zero-order valence-electron chi connectivity index (χ0n) is 15.2. The van der Waals surface area contributed by atoms with E-state index in [0.717, 1.165) is 5.56 Å². The number of nitrogens with zero attached hydrogens (tertiary/aromatic N) is 3. The molecule has 0 aliphatic heterocycles. The number of anilines is 1. The van der Waals surface area contributed by atoms with Crippen LogP contribution in [0, 0.1) is 0 Å². The maximum absolute atomic E-state index is 11.7. The van der Waals surface area contributed by atoms with Crippen molar-refractivity contribution in [1.82, 2.24) is 20.2 Å². The first-order chi connectivity index (χ1) is 14.0. The summed E-state index contributed by atoms with van der Waals surface area (Å²) in [6.45, 7) is 0.427. The highest BCUT2D eigenvalue weighted by atomic mass is 16.1. The third-order valence-corrected chi connectivity index (χ3v) is 4.45. The molecule has 2 amide bonds. The molecule has 6 N–H and O–H groups in total. The van der Waals surface area contributed by atoms with Crippen molar-refractivity contribution in [1.29, 1.82) is 0 Å². The Morgan fingerprint density at radius 2 is 1.72 bits per heavy atom. The van der Waals surface area contributed by atoms with Crippen LogP contribution in [0.1, 0.15) is 26.4 Å².